The third-order valence-corrected chi connectivity index (χ3v) is 6.42. The lowest BCUT2D eigenvalue weighted by Gasteiger charge is -2.45. The van der Waals surface area contributed by atoms with Crippen LogP contribution >= 0.6 is 0 Å². The van der Waals surface area contributed by atoms with E-state index in [1.54, 1.807) is 18.2 Å². The third kappa shape index (κ3) is 4.64. The van der Waals surface area contributed by atoms with Gasteiger partial charge in [-0.15, -0.1) is 0 Å². The molecule has 0 bridgehead atoms. The molecule has 0 amide bonds. The van der Waals surface area contributed by atoms with E-state index >= 15 is 0 Å². The predicted octanol–water partition coefficient (Wildman–Crippen LogP) is 4.52. The number of nitrogens with two attached hydrogens (primary N) is 1. The topological polar surface area (TPSA) is 96.8 Å². The van der Waals surface area contributed by atoms with Crippen molar-refractivity contribution in [2.24, 2.45) is 5.73 Å². The molecule has 1 saturated heterocycles. The van der Waals surface area contributed by atoms with Crippen LogP contribution in [0.4, 0.5) is 5.69 Å². The van der Waals surface area contributed by atoms with Crippen molar-refractivity contribution in [3.05, 3.63) is 95.6 Å². The van der Waals surface area contributed by atoms with Gasteiger partial charge in [0.25, 0.3) is 0 Å². The highest BCUT2D eigenvalue weighted by atomic mass is 16.3. The first-order valence-corrected chi connectivity index (χ1v) is 10.9. The minimum Gasteiger partial charge on any atom is -0.508 e. The Morgan fingerprint density at radius 3 is 2.36 bits per heavy atom. The van der Waals surface area contributed by atoms with Crippen molar-refractivity contribution in [3.8, 4) is 17.6 Å². The minimum absolute atomic E-state index is 0.0296. The van der Waals surface area contributed by atoms with Gasteiger partial charge in [0, 0.05) is 36.9 Å². The lowest BCUT2D eigenvalue weighted by Crippen LogP contribution is -2.49. The van der Waals surface area contributed by atoms with Crippen molar-refractivity contribution in [2.75, 3.05) is 24.5 Å². The summed E-state index contributed by atoms with van der Waals surface area (Å²) in [6, 6.07) is 22.7. The van der Waals surface area contributed by atoms with Gasteiger partial charge in [-0.3, -0.25) is 4.90 Å². The number of hydrogen-bond donors (Lipinski definition) is 3. The number of anilines is 1. The van der Waals surface area contributed by atoms with Gasteiger partial charge in [-0.1, -0.05) is 36.9 Å². The average Bonchev–Trinajstić information content (AvgIpc) is 2.84. The van der Waals surface area contributed by atoms with Crippen LogP contribution in [-0.2, 0) is 0 Å². The summed E-state index contributed by atoms with van der Waals surface area (Å²) in [4.78, 5) is 4.61. The van der Waals surface area contributed by atoms with Gasteiger partial charge >= 0.3 is 0 Å². The molecule has 0 radical (unpaired) electrons. The number of nitriles is 1. The van der Waals surface area contributed by atoms with Crippen molar-refractivity contribution in [3.63, 3.8) is 0 Å². The van der Waals surface area contributed by atoms with Crippen molar-refractivity contribution in [2.45, 2.75) is 19.0 Å². The van der Waals surface area contributed by atoms with Gasteiger partial charge in [0.15, 0.2) is 0 Å². The molecule has 33 heavy (non-hydrogen) atoms. The second kappa shape index (κ2) is 9.27. The Balaban J connectivity index is 1.65. The number of phenolic OH excluding ortho intramolecular Hbond substituents is 2. The van der Waals surface area contributed by atoms with E-state index < -0.39 is 0 Å². The highest BCUT2D eigenvalue weighted by Gasteiger charge is 2.32. The van der Waals surface area contributed by atoms with E-state index in [-0.39, 0.29) is 23.6 Å². The van der Waals surface area contributed by atoms with Crippen LogP contribution < -0.4 is 10.6 Å². The number of rotatable bonds is 5. The van der Waals surface area contributed by atoms with Crippen molar-refractivity contribution < 1.29 is 10.2 Å². The summed E-state index contributed by atoms with van der Waals surface area (Å²) in [6.45, 7) is 8.17. The van der Waals surface area contributed by atoms with E-state index in [0.29, 0.717) is 23.4 Å². The summed E-state index contributed by atoms with van der Waals surface area (Å²) in [7, 11) is 0. The fourth-order valence-corrected chi connectivity index (χ4v) is 4.44. The molecular formula is C27H28N4O2. The normalized spacial score (nSPS) is 17.3. The molecule has 1 aliphatic rings. The summed E-state index contributed by atoms with van der Waals surface area (Å²) in [5.74, 6) is 0.383. The molecule has 1 heterocycles. The van der Waals surface area contributed by atoms with Crippen LogP contribution in [0.1, 0.15) is 41.3 Å². The molecule has 6 heteroatoms. The molecular weight excluding hydrogens is 412 g/mol. The van der Waals surface area contributed by atoms with E-state index in [1.807, 2.05) is 48.5 Å². The van der Waals surface area contributed by atoms with E-state index in [2.05, 4.69) is 29.4 Å². The summed E-state index contributed by atoms with van der Waals surface area (Å²) in [6.07, 6.45) is 0. The maximum atomic E-state index is 10.8. The van der Waals surface area contributed by atoms with Crippen LogP contribution in [0.3, 0.4) is 0 Å². The minimum atomic E-state index is -0.0296. The van der Waals surface area contributed by atoms with Gasteiger partial charge in [0.05, 0.1) is 23.4 Å². The monoisotopic (exact) mass is 440 g/mol. The summed E-state index contributed by atoms with van der Waals surface area (Å²) in [5, 5.41) is 29.7. The Hall–Kier alpha value is -3.95. The smallest absolute Gasteiger partial charge is 0.139 e. The van der Waals surface area contributed by atoms with Crippen LogP contribution in [0.25, 0.3) is 5.70 Å². The molecule has 4 N–H and O–H groups in total. The molecule has 1 aliphatic heterocycles. The standard InChI is InChI=1S/C27H28N4O2/c1-18(29)23-9-12-25(27(33)15-23)31-14-13-30(17-26(31)22-7-10-24(32)11-8-22)19(2)21-5-3-20(16-28)4-6-21/h3-12,15,19,26,32-33H,1,13-14,17,29H2,2H3/t19?,26-/m0/s1. The van der Waals surface area contributed by atoms with Gasteiger partial charge in [-0.05, 0) is 54.4 Å². The maximum Gasteiger partial charge on any atom is 0.139 e. The molecule has 2 atom stereocenters. The van der Waals surface area contributed by atoms with Crippen LogP contribution in [0, 0.1) is 11.3 Å². The van der Waals surface area contributed by atoms with Crippen LogP contribution in [0.5, 0.6) is 11.5 Å². The fraction of sp³-hybridized carbons (Fsp3) is 0.222. The second-order valence-corrected chi connectivity index (χ2v) is 8.43. The van der Waals surface area contributed by atoms with Gasteiger partial charge in [0.1, 0.15) is 11.5 Å². The first kappa shape index (κ1) is 22.3. The first-order chi connectivity index (χ1) is 15.9. The lowest BCUT2D eigenvalue weighted by molar-refractivity contribution is 0.171. The van der Waals surface area contributed by atoms with E-state index in [4.69, 9.17) is 11.0 Å². The Labute approximate surface area is 194 Å². The molecule has 0 saturated carbocycles. The van der Waals surface area contributed by atoms with Crippen molar-refractivity contribution in [1.82, 2.24) is 4.90 Å². The molecule has 0 aromatic heterocycles. The third-order valence-electron chi connectivity index (χ3n) is 6.42. The van der Waals surface area contributed by atoms with Gasteiger partial charge < -0.3 is 20.8 Å². The number of phenols is 2. The summed E-state index contributed by atoms with van der Waals surface area (Å²) in [5.41, 5.74) is 10.5. The van der Waals surface area contributed by atoms with Crippen LogP contribution in [0.15, 0.2) is 73.3 Å². The molecule has 6 nitrogen and oxygen atoms in total. The van der Waals surface area contributed by atoms with Gasteiger partial charge in [0.2, 0.25) is 0 Å². The highest BCUT2D eigenvalue weighted by molar-refractivity contribution is 5.69. The zero-order chi connectivity index (χ0) is 23.5. The Morgan fingerprint density at radius 2 is 1.76 bits per heavy atom. The zero-order valence-corrected chi connectivity index (χ0v) is 18.6. The number of benzene rings is 3. The maximum absolute atomic E-state index is 10.8. The second-order valence-electron chi connectivity index (χ2n) is 8.43. The molecule has 0 aliphatic carbocycles. The molecule has 1 unspecified atom stereocenters. The zero-order valence-electron chi connectivity index (χ0n) is 18.6. The van der Waals surface area contributed by atoms with Crippen molar-refractivity contribution in [1.29, 1.82) is 5.26 Å². The average molecular weight is 441 g/mol. The summed E-state index contributed by atoms with van der Waals surface area (Å²) < 4.78 is 0. The number of hydrogen-bond acceptors (Lipinski definition) is 6. The first-order valence-electron chi connectivity index (χ1n) is 10.9. The van der Waals surface area contributed by atoms with E-state index in [0.717, 1.165) is 29.9 Å². The molecule has 1 fully saturated rings. The number of piperazine rings is 1. The Bertz CT molecular complexity index is 1180. The molecule has 4 rings (SSSR count). The van der Waals surface area contributed by atoms with E-state index in [1.165, 1.54) is 0 Å². The number of aromatic hydroxyl groups is 2. The number of nitrogens with zero attached hydrogens (tertiary/aromatic N) is 3. The van der Waals surface area contributed by atoms with Gasteiger partial charge in [-0.25, -0.2) is 0 Å². The molecule has 3 aromatic rings. The quantitative estimate of drug-likeness (QED) is 0.540. The van der Waals surface area contributed by atoms with E-state index in [9.17, 15) is 10.2 Å². The fourth-order valence-electron chi connectivity index (χ4n) is 4.44. The largest absolute Gasteiger partial charge is 0.508 e. The molecule has 168 valence electrons. The molecule has 0 spiro atoms. The molecule has 3 aromatic carbocycles. The van der Waals surface area contributed by atoms with Crippen molar-refractivity contribution >= 4 is 11.4 Å². The van der Waals surface area contributed by atoms with Crippen LogP contribution in [-0.4, -0.2) is 34.7 Å². The van der Waals surface area contributed by atoms with Crippen LogP contribution in [0.2, 0.25) is 0 Å². The SMILES string of the molecule is C=C(N)c1ccc(N2CCN(C(C)c3ccc(C#N)cc3)C[C@H]2c2ccc(O)cc2)c(O)c1. The predicted molar refractivity (Wildman–Crippen MR) is 131 cm³/mol. The Kier molecular flexibility index (Phi) is 6.25. The highest BCUT2D eigenvalue weighted by Crippen LogP contribution is 2.39. The summed E-state index contributed by atoms with van der Waals surface area (Å²) >= 11 is 0. The Morgan fingerprint density at radius 1 is 1.06 bits per heavy atom. The lowest BCUT2D eigenvalue weighted by atomic mass is 9.97. The van der Waals surface area contributed by atoms with Gasteiger partial charge in [-0.2, -0.15) is 5.26 Å².